The van der Waals surface area contributed by atoms with Gasteiger partial charge in [-0.1, -0.05) is 34.1 Å². The Morgan fingerprint density at radius 2 is 1.85 bits per heavy atom. The minimum atomic E-state index is -0.472. The van der Waals surface area contributed by atoms with E-state index >= 15 is 0 Å². The van der Waals surface area contributed by atoms with Crippen molar-refractivity contribution in [2.24, 2.45) is 0 Å². The van der Waals surface area contributed by atoms with Crippen LogP contribution >= 0.6 is 27.7 Å². The number of halogens is 2. The summed E-state index contributed by atoms with van der Waals surface area (Å²) in [6, 6.07) is 17.5. The lowest BCUT2D eigenvalue weighted by Crippen LogP contribution is -2.27. The molecule has 198 valence electrons. The minimum absolute atomic E-state index is 0.0101. The van der Waals surface area contributed by atoms with Crippen molar-refractivity contribution in [1.82, 2.24) is 4.90 Å². The molecule has 8 nitrogen and oxygen atoms in total. The van der Waals surface area contributed by atoms with Crippen LogP contribution in [0, 0.1) is 17.1 Å². The van der Waals surface area contributed by atoms with Crippen LogP contribution in [0.15, 0.2) is 70.0 Å². The Morgan fingerprint density at radius 1 is 1.13 bits per heavy atom. The van der Waals surface area contributed by atoms with Crippen molar-refractivity contribution in [3.8, 4) is 17.6 Å². The summed E-state index contributed by atoms with van der Waals surface area (Å²) < 4.78 is 25.0. The fraction of sp³-hybridized carbons (Fsp3) is 0.143. The average molecular weight is 610 g/mol. The van der Waals surface area contributed by atoms with E-state index in [0.29, 0.717) is 39.2 Å². The summed E-state index contributed by atoms with van der Waals surface area (Å²) in [5, 5.41) is 11.5. The molecule has 1 saturated heterocycles. The Bertz CT molecular complexity index is 1500. The van der Waals surface area contributed by atoms with Crippen molar-refractivity contribution in [1.29, 1.82) is 5.26 Å². The second-order valence-electron chi connectivity index (χ2n) is 8.13. The molecule has 4 rings (SSSR count). The second-order valence-corrected chi connectivity index (χ2v) is 9.98. The zero-order valence-corrected chi connectivity index (χ0v) is 23.0. The second kappa shape index (κ2) is 12.6. The molecule has 0 saturated carbocycles. The largest absolute Gasteiger partial charge is 0.490 e. The van der Waals surface area contributed by atoms with Gasteiger partial charge in [0.15, 0.2) is 18.1 Å². The number of nitriles is 1. The van der Waals surface area contributed by atoms with E-state index in [9.17, 15) is 24.0 Å². The summed E-state index contributed by atoms with van der Waals surface area (Å²) in [5.41, 5.74) is 1.96. The van der Waals surface area contributed by atoms with Gasteiger partial charge >= 0.3 is 0 Å². The van der Waals surface area contributed by atoms with Gasteiger partial charge in [-0.3, -0.25) is 19.3 Å². The van der Waals surface area contributed by atoms with E-state index in [2.05, 4.69) is 27.3 Å². The van der Waals surface area contributed by atoms with E-state index in [0.717, 1.165) is 16.7 Å². The van der Waals surface area contributed by atoms with Crippen LogP contribution in [0.2, 0.25) is 0 Å². The third kappa shape index (κ3) is 6.85. The van der Waals surface area contributed by atoms with Crippen molar-refractivity contribution in [3.05, 3.63) is 92.5 Å². The molecular formula is C28H21BrFN3O5S. The first-order valence-electron chi connectivity index (χ1n) is 11.7. The minimum Gasteiger partial charge on any atom is -0.490 e. The maximum absolute atomic E-state index is 13.1. The first-order valence-corrected chi connectivity index (χ1v) is 13.3. The van der Waals surface area contributed by atoms with Crippen LogP contribution in [0.25, 0.3) is 6.08 Å². The number of nitrogens with zero attached hydrogens (tertiary/aromatic N) is 2. The van der Waals surface area contributed by atoms with Crippen molar-refractivity contribution in [2.45, 2.75) is 13.5 Å². The highest BCUT2D eigenvalue weighted by Crippen LogP contribution is 2.38. The Kier molecular flexibility index (Phi) is 9.01. The first-order chi connectivity index (χ1) is 18.8. The zero-order chi connectivity index (χ0) is 27.9. The Hall–Kier alpha value is -4.14. The maximum Gasteiger partial charge on any atom is 0.293 e. The number of anilines is 1. The zero-order valence-electron chi connectivity index (χ0n) is 20.6. The van der Waals surface area contributed by atoms with Gasteiger partial charge in [0.25, 0.3) is 17.1 Å². The van der Waals surface area contributed by atoms with Crippen molar-refractivity contribution in [2.75, 3.05) is 18.5 Å². The molecule has 11 heteroatoms. The number of hydrogen-bond donors (Lipinski definition) is 1. The standard InChI is InChI=1S/C28H21BrFN3O5S/c1-2-37-23-11-19(22(29)13-24(23)38-16-26(34)32-21-9-7-20(30)8-10-21)12-25-27(35)33(28(36)39-25)15-18-6-4-3-5-17(18)14-31/h3-13H,2,15-16H2,1H3,(H,32,34)/b25-12+. The van der Waals surface area contributed by atoms with Gasteiger partial charge in [0.1, 0.15) is 5.82 Å². The predicted molar refractivity (Wildman–Crippen MR) is 149 cm³/mol. The summed E-state index contributed by atoms with van der Waals surface area (Å²) >= 11 is 4.26. The fourth-order valence-electron chi connectivity index (χ4n) is 3.63. The molecule has 0 spiro atoms. The third-order valence-electron chi connectivity index (χ3n) is 5.48. The number of benzene rings is 3. The van der Waals surface area contributed by atoms with E-state index in [1.54, 1.807) is 49.4 Å². The van der Waals surface area contributed by atoms with Crippen LogP contribution in [0.4, 0.5) is 14.9 Å². The molecule has 0 bridgehead atoms. The fourth-order valence-corrected chi connectivity index (χ4v) is 4.90. The van der Waals surface area contributed by atoms with E-state index < -0.39 is 22.9 Å². The molecule has 1 heterocycles. The monoisotopic (exact) mass is 609 g/mol. The molecule has 1 aliphatic rings. The SMILES string of the molecule is CCOc1cc(/C=C2/SC(=O)N(Cc3ccccc3C#N)C2=O)c(Br)cc1OCC(=O)Nc1ccc(F)cc1. The van der Waals surface area contributed by atoms with E-state index in [1.807, 2.05) is 0 Å². The maximum atomic E-state index is 13.1. The summed E-state index contributed by atoms with van der Waals surface area (Å²) in [7, 11) is 0. The number of nitrogens with one attached hydrogen (secondary N) is 1. The Morgan fingerprint density at radius 3 is 2.56 bits per heavy atom. The highest BCUT2D eigenvalue weighted by Gasteiger charge is 2.35. The number of amides is 3. The third-order valence-corrected chi connectivity index (χ3v) is 7.07. The molecule has 0 aliphatic carbocycles. The molecule has 0 radical (unpaired) electrons. The van der Waals surface area contributed by atoms with Crippen molar-refractivity contribution in [3.63, 3.8) is 0 Å². The van der Waals surface area contributed by atoms with Crippen LogP contribution in [-0.4, -0.2) is 35.2 Å². The summed E-state index contributed by atoms with van der Waals surface area (Å²) in [5.74, 6) is -0.707. The lowest BCUT2D eigenvalue weighted by Gasteiger charge is -2.14. The predicted octanol–water partition coefficient (Wildman–Crippen LogP) is 6.11. The number of carbonyl (C=O) groups is 3. The number of carbonyl (C=O) groups excluding carboxylic acids is 3. The van der Waals surface area contributed by atoms with Gasteiger partial charge in [0.2, 0.25) is 0 Å². The number of ether oxygens (including phenoxy) is 2. The lowest BCUT2D eigenvalue weighted by atomic mass is 10.1. The van der Waals surface area contributed by atoms with Crippen molar-refractivity contribution >= 4 is 56.5 Å². The molecule has 3 aromatic rings. The van der Waals surface area contributed by atoms with E-state index in [-0.39, 0.29) is 23.8 Å². The van der Waals surface area contributed by atoms with Crippen LogP contribution in [0.5, 0.6) is 11.5 Å². The van der Waals surface area contributed by atoms with Gasteiger partial charge < -0.3 is 14.8 Å². The average Bonchev–Trinajstić information content (AvgIpc) is 3.18. The molecule has 0 aromatic heterocycles. The Balaban J connectivity index is 1.50. The van der Waals surface area contributed by atoms with Crippen LogP contribution in [0.3, 0.4) is 0 Å². The molecular weight excluding hydrogens is 589 g/mol. The Labute approximate surface area is 236 Å². The molecule has 3 amide bonds. The van der Waals surface area contributed by atoms with Gasteiger partial charge in [-0.05, 0) is 78.4 Å². The number of hydrogen-bond acceptors (Lipinski definition) is 7. The van der Waals surface area contributed by atoms with Crippen molar-refractivity contribution < 1.29 is 28.2 Å². The number of imide groups is 1. The van der Waals surface area contributed by atoms with E-state index in [4.69, 9.17) is 9.47 Å². The summed E-state index contributed by atoms with van der Waals surface area (Å²) in [6.07, 6.45) is 1.57. The number of thioether (sulfide) groups is 1. The molecule has 3 aromatic carbocycles. The number of rotatable bonds is 9. The van der Waals surface area contributed by atoms with Crippen LogP contribution < -0.4 is 14.8 Å². The highest BCUT2D eigenvalue weighted by atomic mass is 79.9. The van der Waals surface area contributed by atoms with Gasteiger partial charge in [0.05, 0.1) is 29.7 Å². The first kappa shape index (κ1) is 27.9. The smallest absolute Gasteiger partial charge is 0.293 e. The summed E-state index contributed by atoms with van der Waals surface area (Å²) in [4.78, 5) is 39.3. The van der Waals surface area contributed by atoms with Crippen LogP contribution in [0.1, 0.15) is 23.6 Å². The molecule has 1 N–H and O–H groups in total. The molecule has 1 fully saturated rings. The molecule has 39 heavy (non-hydrogen) atoms. The molecule has 0 unspecified atom stereocenters. The van der Waals surface area contributed by atoms with Gasteiger partial charge in [-0.2, -0.15) is 5.26 Å². The quantitative estimate of drug-likeness (QED) is 0.291. The molecule has 1 aliphatic heterocycles. The van der Waals surface area contributed by atoms with E-state index in [1.165, 1.54) is 24.3 Å². The van der Waals surface area contributed by atoms with Crippen LogP contribution in [-0.2, 0) is 16.1 Å². The molecule has 0 atom stereocenters. The van der Waals surface area contributed by atoms with Gasteiger partial charge in [-0.15, -0.1) is 0 Å². The summed E-state index contributed by atoms with van der Waals surface area (Å²) in [6.45, 7) is 1.77. The van der Waals surface area contributed by atoms with Gasteiger partial charge in [0, 0.05) is 10.2 Å². The lowest BCUT2D eigenvalue weighted by molar-refractivity contribution is -0.123. The van der Waals surface area contributed by atoms with Gasteiger partial charge in [-0.25, -0.2) is 4.39 Å². The highest BCUT2D eigenvalue weighted by molar-refractivity contribution is 9.10. The normalized spacial score (nSPS) is 13.9. The topological polar surface area (TPSA) is 109 Å².